The van der Waals surface area contributed by atoms with Crippen LogP contribution in [-0.2, 0) is 21.4 Å². The summed E-state index contributed by atoms with van der Waals surface area (Å²) >= 11 is 0. The van der Waals surface area contributed by atoms with Crippen LogP contribution in [0.5, 0.6) is 0 Å². The van der Waals surface area contributed by atoms with E-state index in [0.717, 1.165) is 0 Å². The second kappa shape index (κ2) is 9.01. The van der Waals surface area contributed by atoms with Crippen molar-refractivity contribution in [3.63, 3.8) is 0 Å². The Labute approximate surface area is 173 Å². The first-order valence-corrected chi connectivity index (χ1v) is 10.7. The van der Waals surface area contributed by atoms with Crippen LogP contribution < -0.4 is 15.6 Å². The summed E-state index contributed by atoms with van der Waals surface area (Å²) in [6.45, 7) is 3.56. The van der Waals surface area contributed by atoms with Gasteiger partial charge in [0, 0.05) is 36.6 Å². The molecule has 0 aliphatic heterocycles. The maximum atomic E-state index is 12.5. The molecule has 0 bridgehead atoms. The van der Waals surface area contributed by atoms with Crippen molar-refractivity contribution in [3.05, 3.63) is 65.2 Å². The summed E-state index contributed by atoms with van der Waals surface area (Å²) in [4.78, 5) is 23.8. The van der Waals surface area contributed by atoms with E-state index in [9.17, 15) is 18.0 Å². The monoisotopic (exact) mass is 430 g/mol. The van der Waals surface area contributed by atoms with Gasteiger partial charge < -0.3 is 5.32 Å². The third-order valence-corrected chi connectivity index (χ3v) is 5.64. The molecule has 0 spiro atoms. The first-order valence-electron chi connectivity index (χ1n) is 9.25. The fourth-order valence-corrected chi connectivity index (χ4v) is 3.52. The van der Waals surface area contributed by atoms with E-state index in [1.807, 2.05) is 0 Å². The Bertz CT molecular complexity index is 1170. The number of hydrogen-bond acceptors (Lipinski definition) is 6. The fourth-order valence-electron chi connectivity index (χ4n) is 2.50. The van der Waals surface area contributed by atoms with Gasteiger partial charge in [-0.05, 0) is 36.4 Å². The number of nitrogens with zero attached hydrogens (tertiary/aromatic N) is 4. The van der Waals surface area contributed by atoms with E-state index in [0.29, 0.717) is 11.5 Å². The Morgan fingerprint density at radius 1 is 1.13 bits per heavy atom. The van der Waals surface area contributed by atoms with Gasteiger partial charge in [0.25, 0.3) is 5.56 Å². The van der Waals surface area contributed by atoms with E-state index >= 15 is 0 Å². The molecular formula is C19H22N6O4S. The Morgan fingerprint density at radius 3 is 2.50 bits per heavy atom. The van der Waals surface area contributed by atoms with E-state index < -0.39 is 10.0 Å². The molecule has 0 radical (unpaired) electrons. The van der Waals surface area contributed by atoms with Gasteiger partial charge in [-0.2, -0.15) is 5.10 Å². The summed E-state index contributed by atoms with van der Waals surface area (Å²) in [6, 6.07) is 10.5. The summed E-state index contributed by atoms with van der Waals surface area (Å²) in [6.07, 6.45) is 3.28. The third-order valence-electron chi connectivity index (χ3n) is 4.16. The number of amides is 1. The summed E-state index contributed by atoms with van der Waals surface area (Å²) in [5.74, 6) is 0.111. The molecule has 0 aliphatic carbocycles. The van der Waals surface area contributed by atoms with Crippen LogP contribution in [0.25, 0.3) is 5.82 Å². The molecule has 11 heteroatoms. The first-order chi connectivity index (χ1) is 14.3. The molecule has 0 saturated heterocycles. The van der Waals surface area contributed by atoms with Crippen molar-refractivity contribution in [2.45, 2.75) is 25.3 Å². The highest BCUT2D eigenvalue weighted by Gasteiger charge is 2.14. The second-order valence-corrected chi connectivity index (χ2v) is 8.54. The van der Waals surface area contributed by atoms with Crippen molar-refractivity contribution in [1.29, 1.82) is 0 Å². The van der Waals surface area contributed by atoms with Crippen molar-refractivity contribution >= 4 is 21.6 Å². The summed E-state index contributed by atoms with van der Waals surface area (Å²) < 4.78 is 30.1. The SMILES string of the molecule is CC(C)C(=O)Nc1ccc(S(=O)(=O)NCCn2nc(-n3cccn3)ccc2=O)cc1. The standard InChI is InChI=1S/C19H22N6O4S/c1-14(2)19(27)22-15-4-6-16(7-5-15)30(28,29)21-11-13-25-18(26)9-8-17(23-25)24-12-3-10-20-24/h3-10,12,14,21H,11,13H2,1-2H3,(H,22,27). The van der Waals surface area contributed by atoms with Crippen molar-refractivity contribution < 1.29 is 13.2 Å². The number of anilines is 1. The zero-order valence-electron chi connectivity index (χ0n) is 16.5. The van der Waals surface area contributed by atoms with Crippen molar-refractivity contribution in [2.24, 2.45) is 5.92 Å². The molecule has 0 saturated carbocycles. The lowest BCUT2D eigenvalue weighted by atomic mass is 10.2. The number of rotatable bonds is 8. The molecule has 30 heavy (non-hydrogen) atoms. The molecule has 10 nitrogen and oxygen atoms in total. The van der Waals surface area contributed by atoms with Crippen molar-refractivity contribution in [3.8, 4) is 5.82 Å². The number of sulfonamides is 1. The summed E-state index contributed by atoms with van der Waals surface area (Å²) in [5.41, 5.74) is 0.161. The van der Waals surface area contributed by atoms with E-state index in [1.54, 1.807) is 32.3 Å². The Hall–Kier alpha value is -3.31. The van der Waals surface area contributed by atoms with Gasteiger partial charge in [-0.15, -0.1) is 5.10 Å². The van der Waals surface area contributed by atoms with Crippen molar-refractivity contribution in [1.82, 2.24) is 24.3 Å². The molecule has 0 unspecified atom stereocenters. The molecule has 0 atom stereocenters. The smallest absolute Gasteiger partial charge is 0.266 e. The Morgan fingerprint density at radius 2 is 1.87 bits per heavy atom. The highest BCUT2D eigenvalue weighted by atomic mass is 32.2. The molecule has 2 N–H and O–H groups in total. The van der Waals surface area contributed by atoms with Gasteiger partial charge in [0.2, 0.25) is 15.9 Å². The topological polar surface area (TPSA) is 128 Å². The average molecular weight is 430 g/mol. The summed E-state index contributed by atoms with van der Waals surface area (Å²) in [5, 5.41) is 10.9. The molecule has 1 amide bonds. The molecule has 0 fully saturated rings. The van der Waals surface area contributed by atoms with Crippen LogP contribution in [0, 0.1) is 5.92 Å². The maximum absolute atomic E-state index is 12.5. The molecule has 3 aromatic rings. The number of carbonyl (C=O) groups is 1. The lowest BCUT2D eigenvalue weighted by molar-refractivity contribution is -0.118. The van der Waals surface area contributed by atoms with E-state index in [4.69, 9.17) is 0 Å². The van der Waals surface area contributed by atoms with Crippen LogP contribution in [0.15, 0.2) is 64.5 Å². The normalized spacial score (nSPS) is 11.6. The van der Waals surface area contributed by atoms with Gasteiger partial charge in [0.05, 0.1) is 11.4 Å². The molecule has 2 heterocycles. The maximum Gasteiger partial charge on any atom is 0.266 e. The van der Waals surface area contributed by atoms with Gasteiger partial charge in [-0.1, -0.05) is 13.8 Å². The van der Waals surface area contributed by atoms with Gasteiger partial charge in [0.15, 0.2) is 5.82 Å². The van der Waals surface area contributed by atoms with Crippen LogP contribution >= 0.6 is 0 Å². The first kappa shape index (κ1) is 21.4. The molecule has 2 aromatic heterocycles. The number of nitrogens with one attached hydrogen (secondary N) is 2. The number of aromatic nitrogens is 4. The third kappa shape index (κ3) is 5.19. The predicted molar refractivity (Wildman–Crippen MR) is 111 cm³/mol. The van der Waals surface area contributed by atoms with Crippen molar-refractivity contribution in [2.75, 3.05) is 11.9 Å². The van der Waals surface area contributed by atoms with Gasteiger partial charge in [-0.3, -0.25) is 9.59 Å². The van der Waals surface area contributed by atoms with Crippen LogP contribution in [0.1, 0.15) is 13.8 Å². The molecule has 158 valence electrons. The number of carbonyl (C=O) groups excluding carboxylic acids is 1. The largest absolute Gasteiger partial charge is 0.326 e. The quantitative estimate of drug-likeness (QED) is 0.549. The minimum Gasteiger partial charge on any atom is -0.326 e. The molecule has 3 rings (SSSR count). The van der Waals surface area contributed by atoms with E-state index in [2.05, 4.69) is 20.2 Å². The van der Waals surface area contributed by atoms with Gasteiger partial charge >= 0.3 is 0 Å². The van der Waals surface area contributed by atoms with Gasteiger partial charge in [0.1, 0.15) is 0 Å². The Kier molecular flexibility index (Phi) is 6.43. The lowest BCUT2D eigenvalue weighted by Gasteiger charge is -2.10. The second-order valence-electron chi connectivity index (χ2n) is 6.77. The lowest BCUT2D eigenvalue weighted by Crippen LogP contribution is -2.32. The molecule has 0 aliphatic rings. The number of hydrogen-bond donors (Lipinski definition) is 2. The minimum absolute atomic E-state index is 0.0242. The minimum atomic E-state index is -3.78. The molecule has 1 aromatic carbocycles. The highest BCUT2D eigenvalue weighted by molar-refractivity contribution is 7.89. The van der Waals surface area contributed by atoms with Gasteiger partial charge in [-0.25, -0.2) is 22.5 Å². The zero-order chi connectivity index (χ0) is 21.7. The predicted octanol–water partition coefficient (Wildman–Crippen LogP) is 1.00. The number of benzene rings is 1. The van der Waals surface area contributed by atoms with E-state index in [-0.39, 0.29) is 35.4 Å². The van der Waals surface area contributed by atoms with Crippen LogP contribution in [0.3, 0.4) is 0 Å². The molecular weight excluding hydrogens is 408 g/mol. The highest BCUT2D eigenvalue weighted by Crippen LogP contribution is 2.14. The Balaban J connectivity index is 1.64. The van der Waals surface area contributed by atoms with Crippen LogP contribution in [-0.4, -0.2) is 40.4 Å². The fraction of sp³-hybridized carbons (Fsp3) is 0.263. The van der Waals surface area contributed by atoms with E-state index in [1.165, 1.54) is 45.8 Å². The summed E-state index contributed by atoms with van der Waals surface area (Å²) in [7, 11) is -3.78. The zero-order valence-corrected chi connectivity index (χ0v) is 17.3. The van der Waals surface area contributed by atoms with Crippen LogP contribution in [0.4, 0.5) is 5.69 Å². The average Bonchev–Trinajstić information content (AvgIpc) is 3.24. The van der Waals surface area contributed by atoms with Crippen LogP contribution in [0.2, 0.25) is 0 Å².